The number of hydrogen-bond acceptors (Lipinski definition) is 2. The lowest BCUT2D eigenvalue weighted by Gasteiger charge is -2.36. The van der Waals surface area contributed by atoms with E-state index in [9.17, 15) is 0 Å². The first-order chi connectivity index (χ1) is 26.3. The van der Waals surface area contributed by atoms with Gasteiger partial charge in [-0.25, -0.2) is 0 Å². The zero-order chi connectivity index (χ0) is 35.5. The fourth-order valence-electron chi connectivity index (χ4n) is 8.48. The molecule has 0 unspecified atom stereocenters. The van der Waals surface area contributed by atoms with Crippen LogP contribution in [0.4, 0.5) is 5.69 Å². The lowest BCUT2D eigenvalue weighted by Crippen LogP contribution is -2.29. The van der Waals surface area contributed by atoms with Crippen molar-refractivity contribution >= 4 is 5.69 Å². The largest absolute Gasteiger partial charge is 0.355 e. The minimum Gasteiger partial charge on any atom is -0.355 e. The van der Waals surface area contributed by atoms with E-state index in [1.54, 1.807) is 0 Å². The quantitative estimate of drug-likeness (QED) is 0.150. The maximum Gasteiger partial charge on any atom is 0.0734 e. The molecule has 7 aromatic carbocycles. The Hall–Kier alpha value is -6.22. The average Bonchev–Trinajstić information content (AvgIpc) is 3.54. The summed E-state index contributed by atoms with van der Waals surface area (Å²) in [7, 11) is 0. The number of hydrogen-bond donors (Lipinski definition) is 2. The molecule has 2 N–H and O–H groups in total. The molecule has 7 aromatic rings. The molecule has 2 nitrogen and oxygen atoms in total. The van der Waals surface area contributed by atoms with Crippen molar-refractivity contribution in [3.63, 3.8) is 0 Å². The fourth-order valence-corrected chi connectivity index (χ4v) is 8.48. The Morgan fingerprint density at radius 2 is 1.04 bits per heavy atom. The third-order valence-corrected chi connectivity index (χ3v) is 10.9. The second kappa shape index (κ2) is 14.4. The van der Waals surface area contributed by atoms with Gasteiger partial charge in [-0.3, -0.25) is 0 Å². The van der Waals surface area contributed by atoms with E-state index >= 15 is 0 Å². The summed E-state index contributed by atoms with van der Waals surface area (Å²) in [6, 6.07) is 66.3. The smallest absolute Gasteiger partial charge is 0.0734 e. The summed E-state index contributed by atoms with van der Waals surface area (Å²) in [6.45, 7) is 1.72. The minimum atomic E-state index is -0.532. The molecular weight excluding hydrogens is 641 g/mol. The molecule has 0 radical (unpaired) electrons. The maximum atomic E-state index is 4.12. The highest BCUT2D eigenvalue weighted by Crippen LogP contribution is 2.60. The summed E-state index contributed by atoms with van der Waals surface area (Å²) in [5, 5.41) is 7.82. The first-order valence-corrected chi connectivity index (χ1v) is 18.7. The van der Waals surface area contributed by atoms with Crippen LogP contribution >= 0.6 is 0 Å². The van der Waals surface area contributed by atoms with Gasteiger partial charge in [0.25, 0.3) is 0 Å². The molecule has 0 aliphatic heterocycles. The van der Waals surface area contributed by atoms with Gasteiger partial charge in [-0.2, -0.15) is 0 Å². The number of anilines is 1. The van der Waals surface area contributed by atoms with E-state index in [1.165, 1.54) is 66.8 Å². The van der Waals surface area contributed by atoms with Gasteiger partial charge in [0.15, 0.2) is 0 Å². The second-order valence-electron chi connectivity index (χ2n) is 14.1. The Kier molecular flexibility index (Phi) is 8.89. The summed E-state index contributed by atoms with van der Waals surface area (Å²) >= 11 is 0. The number of fused-ring (bicyclic) bond motifs is 3. The van der Waals surface area contributed by atoms with E-state index in [-0.39, 0.29) is 0 Å². The van der Waals surface area contributed by atoms with Crippen molar-refractivity contribution in [2.75, 3.05) is 11.9 Å². The molecule has 9 rings (SSSR count). The molecule has 0 saturated carbocycles. The molecule has 0 atom stereocenters. The van der Waals surface area contributed by atoms with Crippen LogP contribution in [0, 0.1) is 0 Å². The predicted molar refractivity (Wildman–Crippen MR) is 222 cm³/mol. The predicted octanol–water partition coefficient (Wildman–Crippen LogP) is 12.2. The van der Waals surface area contributed by atoms with Crippen LogP contribution in [0.1, 0.15) is 40.7 Å². The summed E-state index contributed by atoms with van der Waals surface area (Å²) < 4.78 is 0. The molecule has 0 amide bonds. The molecule has 256 valence electrons. The molecule has 2 aliphatic rings. The van der Waals surface area contributed by atoms with Crippen LogP contribution in [0.15, 0.2) is 205 Å². The standard InChI is InChI=1S/C51H42N2/c1-5-16-37(17-6-1)35-52-36-38-18-15-25-44(34-38)53-50-45(41-30-28-40(29-31-41)39-19-7-2-8-20-39)32-33-47-46-26-13-14-27-48(46)51(49(47)50,42-21-9-3-10-22-42)43-23-11-4-12-24-43/h1-14,16-17,19-34,52-53H,15,18,35-36H2. The topological polar surface area (TPSA) is 24.1 Å². The molecule has 0 heterocycles. The third kappa shape index (κ3) is 6.12. The Labute approximate surface area is 313 Å². The summed E-state index contributed by atoms with van der Waals surface area (Å²) in [5.74, 6) is 0. The van der Waals surface area contributed by atoms with Gasteiger partial charge in [0, 0.05) is 29.9 Å². The van der Waals surface area contributed by atoms with E-state index in [1.807, 2.05) is 0 Å². The monoisotopic (exact) mass is 682 g/mol. The lowest BCUT2D eigenvalue weighted by molar-refractivity contribution is 0.714. The zero-order valence-electron chi connectivity index (χ0n) is 29.8. The fraction of sp³-hybridized carbons (Fsp3) is 0.0980. The lowest BCUT2D eigenvalue weighted by atomic mass is 9.67. The van der Waals surface area contributed by atoms with Crippen LogP contribution in [0.25, 0.3) is 33.4 Å². The van der Waals surface area contributed by atoms with Crippen molar-refractivity contribution in [3.05, 3.63) is 233 Å². The first kappa shape index (κ1) is 32.7. The summed E-state index contributed by atoms with van der Waals surface area (Å²) in [5.41, 5.74) is 17.0. The van der Waals surface area contributed by atoms with Gasteiger partial charge in [0.05, 0.1) is 11.1 Å². The van der Waals surface area contributed by atoms with Crippen LogP contribution in [0.3, 0.4) is 0 Å². The van der Waals surface area contributed by atoms with Crippen LogP contribution in [0.5, 0.6) is 0 Å². The van der Waals surface area contributed by atoms with Gasteiger partial charge in [-0.05, 0) is 69.0 Å². The number of nitrogens with one attached hydrogen (secondary N) is 2. The number of rotatable bonds is 10. The molecule has 2 aliphatic carbocycles. The molecule has 0 fully saturated rings. The first-order valence-electron chi connectivity index (χ1n) is 18.7. The zero-order valence-corrected chi connectivity index (χ0v) is 29.8. The second-order valence-corrected chi connectivity index (χ2v) is 14.1. The molecule has 0 aromatic heterocycles. The molecule has 0 spiro atoms. The normalized spacial score (nSPS) is 14.1. The van der Waals surface area contributed by atoms with Crippen molar-refractivity contribution in [2.45, 2.75) is 24.8 Å². The van der Waals surface area contributed by atoms with Crippen molar-refractivity contribution in [1.29, 1.82) is 0 Å². The average molecular weight is 683 g/mol. The van der Waals surface area contributed by atoms with E-state index in [4.69, 9.17) is 0 Å². The molecule has 0 bridgehead atoms. The van der Waals surface area contributed by atoms with E-state index in [0.717, 1.165) is 37.3 Å². The minimum absolute atomic E-state index is 0.532. The van der Waals surface area contributed by atoms with Crippen LogP contribution in [0.2, 0.25) is 0 Å². The van der Waals surface area contributed by atoms with Crippen molar-refractivity contribution in [2.24, 2.45) is 0 Å². The SMILES string of the molecule is C1=C(CNCc2ccccc2)CCC=C1Nc1c(-c2ccc(-c3ccccc3)cc2)ccc2c1C(c1ccccc1)(c1ccccc1)c1ccccc1-2. The Bertz CT molecular complexity index is 2370. The van der Waals surface area contributed by atoms with Gasteiger partial charge in [-0.15, -0.1) is 0 Å². The van der Waals surface area contributed by atoms with Gasteiger partial charge < -0.3 is 10.6 Å². The van der Waals surface area contributed by atoms with Gasteiger partial charge in [-0.1, -0.05) is 194 Å². The van der Waals surface area contributed by atoms with Crippen molar-refractivity contribution in [1.82, 2.24) is 5.32 Å². The Morgan fingerprint density at radius 3 is 1.74 bits per heavy atom. The van der Waals surface area contributed by atoms with Gasteiger partial charge >= 0.3 is 0 Å². The summed E-state index contributed by atoms with van der Waals surface area (Å²) in [6.07, 6.45) is 6.80. The highest BCUT2D eigenvalue weighted by molar-refractivity contribution is 5.97. The van der Waals surface area contributed by atoms with E-state index in [0.29, 0.717) is 0 Å². The number of allylic oxidation sites excluding steroid dienone is 2. The number of benzene rings is 7. The Balaban J connectivity index is 1.22. The van der Waals surface area contributed by atoms with Crippen LogP contribution in [-0.2, 0) is 12.0 Å². The highest BCUT2D eigenvalue weighted by atomic mass is 14.9. The van der Waals surface area contributed by atoms with E-state index in [2.05, 4.69) is 205 Å². The third-order valence-electron chi connectivity index (χ3n) is 10.9. The van der Waals surface area contributed by atoms with Crippen LogP contribution < -0.4 is 10.6 Å². The van der Waals surface area contributed by atoms with Crippen LogP contribution in [-0.4, -0.2) is 6.54 Å². The molecule has 2 heteroatoms. The van der Waals surface area contributed by atoms with E-state index < -0.39 is 5.41 Å². The molecule has 53 heavy (non-hydrogen) atoms. The maximum absolute atomic E-state index is 4.12. The van der Waals surface area contributed by atoms with Gasteiger partial charge in [0.2, 0.25) is 0 Å². The van der Waals surface area contributed by atoms with Gasteiger partial charge in [0.1, 0.15) is 0 Å². The Morgan fingerprint density at radius 1 is 0.472 bits per heavy atom. The molecule has 0 saturated heterocycles. The molecular formula is C51H42N2. The highest BCUT2D eigenvalue weighted by Gasteiger charge is 2.48. The van der Waals surface area contributed by atoms with Crippen molar-refractivity contribution < 1.29 is 0 Å². The summed E-state index contributed by atoms with van der Waals surface area (Å²) in [4.78, 5) is 0. The van der Waals surface area contributed by atoms with Crippen molar-refractivity contribution in [3.8, 4) is 33.4 Å².